The van der Waals surface area contributed by atoms with Gasteiger partial charge in [0.05, 0.1) is 0 Å². The molecule has 0 unspecified atom stereocenters. The van der Waals surface area contributed by atoms with Crippen molar-refractivity contribution in [3.63, 3.8) is 0 Å². The summed E-state index contributed by atoms with van der Waals surface area (Å²) in [5.74, 6) is 4.55. The Kier molecular flexibility index (Phi) is 15.4. The minimum atomic E-state index is 0. The van der Waals surface area contributed by atoms with Gasteiger partial charge in [-0.1, -0.05) is 88.8 Å². The van der Waals surface area contributed by atoms with E-state index in [4.69, 9.17) is 12.8 Å². The molecule has 35 heavy (non-hydrogen) atoms. The summed E-state index contributed by atoms with van der Waals surface area (Å²) in [4.78, 5) is 0. The van der Waals surface area contributed by atoms with E-state index in [1.165, 1.54) is 11.1 Å². The molecular weight excluding hydrogens is 500 g/mol. The monoisotopic (exact) mass is 534 g/mol. The molecule has 0 saturated heterocycles. The van der Waals surface area contributed by atoms with Gasteiger partial charge >= 0.3 is 0 Å². The van der Waals surface area contributed by atoms with Crippen molar-refractivity contribution in [3.8, 4) is 11.8 Å². The van der Waals surface area contributed by atoms with E-state index in [1.54, 1.807) is 0 Å². The SMILES string of the molecule is CC(C)(C)[c-]1cccc1.CC(C)(C)[c-]1cccc1.[C-]#Cc1ccccc1.[C-]#Cc1ccccc1.[Zr]. The van der Waals surface area contributed by atoms with Gasteiger partial charge in [0.2, 0.25) is 0 Å². The van der Waals surface area contributed by atoms with Gasteiger partial charge < -0.3 is 12.8 Å². The molecule has 1 heteroatoms. The van der Waals surface area contributed by atoms with Crippen LogP contribution in [0.5, 0.6) is 0 Å². The zero-order chi connectivity index (χ0) is 25.5. The molecule has 0 aliphatic heterocycles. The van der Waals surface area contributed by atoms with Gasteiger partial charge in [0.25, 0.3) is 0 Å². The number of hydrogen-bond donors (Lipinski definition) is 0. The Labute approximate surface area is 233 Å². The molecule has 0 heterocycles. The van der Waals surface area contributed by atoms with Gasteiger partial charge in [-0.05, 0) is 0 Å². The van der Waals surface area contributed by atoms with E-state index in [0.29, 0.717) is 10.8 Å². The van der Waals surface area contributed by atoms with E-state index in [0.717, 1.165) is 11.1 Å². The molecule has 0 N–H and O–H groups in total. The van der Waals surface area contributed by atoms with Crippen molar-refractivity contribution in [1.29, 1.82) is 0 Å². The molecular formula is C34H36Zr-4. The molecule has 0 aromatic heterocycles. The second-order valence-electron chi connectivity index (χ2n) is 9.83. The average molecular weight is 536 g/mol. The van der Waals surface area contributed by atoms with Gasteiger partial charge in [-0.15, -0.1) is 35.4 Å². The van der Waals surface area contributed by atoms with Crippen LogP contribution in [0.1, 0.15) is 63.8 Å². The van der Waals surface area contributed by atoms with Gasteiger partial charge in [-0.3, -0.25) is 11.8 Å². The second-order valence-corrected chi connectivity index (χ2v) is 9.83. The van der Waals surface area contributed by atoms with Gasteiger partial charge in [0.1, 0.15) is 0 Å². The first-order chi connectivity index (χ1) is 16.1. The molecule has 4 rings (SSSR count). The predicted octanol–water partition coefficient (Wildman–Crippen LogP) is 8.65. The summed E-state index contributed by atoms with van der Waals surface area (Å²) in [5, 5.41) is 0. The molecule has 0 nitrogen and oxygen atoms in total. The van der Waals surface area contributed by atoms with E-state index in [-0.39, 0.29) is 26.2 Å². The first kappa shape index (κ1) is 32.1. The summed E-state index contributed by atoms with van der Waals surface area (Å²) in [6.45, 7) is 13.3. The maximum absolute atomic E-state index is 6.69. The molecule has 0 amide bonds. The molecule has 0 atom stereocenters. The Balaban J connectivity index is 0.000000437. The molecule has 0 bridgehead atoms. The van der Waals surface area contributed by atoms with Crippen molar-refractivity contribution in [2.24, 2.45) is 0 Å². The Morgan fingerprint density at radius 2 is 0.743 bits per heavy atom. The minimum Gasteiger partial charge on any atom is -0.366 e. The topological polar surface area (TPSA) is 0 Å². The molecule has 0 fully saturated rings. The van der Waals surface area contributed by atoms with E-state index < -0.39 is 0 Å². The maximum atomic E-state index is 6.69. The molecule has 0 aliphatic rings. The standard InChI is InChI=1S/2C9H13.2C8H5.Zr/c2*1-9(2,3)8-6-4-5-7-8;2*1-2-8-6-4-3-5-7-8;/h2*4-7H,1-3H3;2*3-7H;/q4*-1;. The van der Waals surface area contributed by atoms with Gasteiger partial charge in [-0.2, -0.15) is 35.4 Å². The van der Waals surface area contributed by atoms with Crippen LogP contribution in [0.2, 0.25) is 0 Å². The van der Waals surface area contributed by atoms with Gasteiger partial charge in [-0.25, -0.2) is 24.3 Å². The molecule has 0 radical (unpaired) electrons. The Morgan fingerprint density at radius 1 is 0.486 bits per heavy atom. The zero-order valence-electron chi connectivity index (χ0n) is 21.9. The van der Waals surface area contributed by atoms with Crippen molar-refractivity contribution in [3.05, 3.63) is 144 Å². The van der Waals surface area contributed by atoms with Crippen molar-refractivity contribution in [2.45, 2.75) is 52.4 Å². The first-order valence-corrected chi connectivity index (χ1v) is 11.5. The number of hydrogen-bond acceptors (Lipinski definition) is 0. The van der Waals surface area contributed by atoms with Crippen LogP contribution in [0.15, 0.2) is 109 Å². The van der Waals surface area contributed by atoms with Crippen LogP contribution in [-0.2, 0) is 37.0 Å². The van der Waals surface area contributed by atoms with E-state index >= 15 is 0 Å². The van der Waals surface area contributed by atoms with Crippen LogP contribution in [0.25, 0.3) is 0 Å². The number of benzene rings is 2. The third-order valence-electron chi connectivity index (χ3n) is 4.89. The normalized spacial score (nSPS) is 9.71. The third kappa shape index (κ3) is 14.2. The quantitative estimate of drug-likeness (QED) is 0.156. The number of rotatable bonds is 0. The summed E-state index contributed by atoms with van der Waals surface area (Å²) < 4.78 is 0. The fraction of sp³-hybridized carbons (Fsp3) is 0.235. The molecule has 0 spiro atoms. The summed E-state index contributed by atoms with van der Waals surface area (Å²) in [6.07, 6.45) is 13.4. The molecule has 4 aromatic rings. The predicted molar refractivity (Wildman–Crippen MR) is 147 cm³/mol. The Bertz CT molecular complexity index is 994. The molecule has 0 aliphatic carbocycles. The summed E-state index contributed by atoms with van der Waals surface area (Å²) >= 11 is 0. The van der Waals surface area contributed by atoms with Crippen molar-refractivity contribution in [1.82, 2.24) is 0 Å². The summed E-state index contributed by atoms with van der Waals surface area (Å²) in [5.41, 5.74) is 5.14. The largest absolute Gasteiger partial charge is 0.366 e. The van der Waals surface area contributed by atoms with E-state index in [9.17, 15) is 0 Å². The van der Waals surface area contributed by atoms with Gasteiger partial charge in [0, 0.05) is 26.2 Å². The zero-order valence-corrected chi connectivity index (χ0v) is 24.4. The Morgan fingerprint density at radius 3 is 0.886 bits per heavy atom. The third-order valence-corrected chi connectivity index (χ3v) is 4.89. The fourth-order valence-electron chi connectivity index (χ4n) is 2.79. The molecule has 180 valence electrons. The van der Waals surface area contributed by atoms with E-state index in [2.05, 4.69) is 102 Å². The van der Waals surface area contributed by atoms with Gasteiger partial charge in [0.15, 0.2) is 0 Å². The van der Waals surface area contributed by atoms with Crippen LogP contribution in [0.3, 0.4) is 0 Å². The maximum Gasteiger partial charge on any atom is 0 e. The van der Waals surface area contributed by atoms with Crippen molar-refractivity contribution >= 4 is 0 Å². The van der Waals surface area contributed by atoms with Crippen LogP contribution in [0, 0.1) is 24.7 Å². The Hall–Kier alpha value is -2.86. The second kappa shape index (κ2) is 16.7. The first-order valence-electron chi connectivity index (χ1n) is 11.5. The molecule has 4 aromatic carbocycles. The fourth-order valence-corrected chi connectivity index (χ4v) is 2.79. The smallest absolute Gasteiger partial charge is 0 e. The summed E-state index contributed by atoms with van der Waals surface area (Å²) in [6, 6.07) is 35.7. The van der Waals surface area contributed by atoms with Crippen LogP contribution in [0.4, 0.5) is 0 Å². The van der Waals surface area contributed by atoms with Crippen LogP contribution >= 0.6 is 0 Å². The minimum absolute atomic E-state index is 0. The van der Waals surface area contributed by atoms with Crippen LogP contribution < -0.4 is 0 Å². The molecule has 0 saturated carbocycles. The van der Waals surface area contributed by atoms with Crippen LogP contribution in [-0.4, -0.2) is 0 Å². The average Bonchev–Trinajstić information content (AvgIpc) is 3.56. The van der Waals surface area contributed by atoms with E-state index in [1.807, 2.05) is 60.7 Å². The van der Waals surface area contributed by atoms with Crippen molar-refractivity contribution < 1.29 is 26.2 Å². The van der Waals surface area contributed by atoms with Crippen molar-refractivity contribution in [2.75, 3.05) is 0 Å². The summed E-state index contributed by atoms with van der Waals surface area (Å²) in [7, 11) is 0.